The van der Waals surface area contributed by atoms with E-state index in [4.69, 9.17) is 5.11 Å². The molecule has 0 unspecified atom stereocenters. The lowest BCUT2D eigenvalue weighted by Crippen LogP contribution is -2.46. The molecule has 0 aromatic carbocycles. The molecular formula is C15H20N2O2. The summed E-state index contributed by atoms with van der Waals surface area (Å²) < 4.78 is 2.20. The zero-order valence-electron chi connectivity index (χ0n) is 11.0. The Morgan fingerprint density at radius 3 is 2.42 bits per heavy atom. The molecule has 5 rings (SSSR count). The van der Waals surface area contributed by atoms with Gasteiger partial charge in [-0.05, 0) is 55.8 Å². The van der Waals surface area contributed by atoms with E-state index in [2.05, 4.69) is 9.55 Å². The van der Waals surface area contributed by atoms with Gasteiger partial charge >= 0.3 is 5.97 Å². The molecule has 0 aliphatic heterocycles. The third-order valence-electron chi connectivity index (χ3n) is 5.58. The summed E-state index contributed by atoms with van der Waals surface area (Å²) in [4.78, 5) is 15.2. The first-order valence-electron chi connectivity index (χ1n) is 7.43. The van der Waals surface area contributed by atoms with Crippen LogP contribution in [0.4, 0.5) is 0 Å². The molecule has 0 spiro atoms. The predicted molar refractivity (Wildman–Crippen MR) is 69.6 cm³/mol. The predicted octanol–water partition coefficient (Wildman–Crippen LogP) is 2.51. The van der Waals surface area contributed by atoms with Crippen LogP contribution in [0.5, 0.6) is 0 Å². The van der Waals surface area contributed by atoms with Gasteiger partial charge in [-0.25, -0.2) is 4.98 Å². The average Bonchev–Trinajstić information content (AvgIpc) is 2.75. The first-order valence-corrected chi connectivity index (χ1v) is 7.43. The minimum Gasteiger partial charge on any atom is -0.481 e. The topological polar surface area (TPSA) is 55.1 Å². The zero-order valence-corrected chi connectivity index (χ0v) is 11.0. The average molecular weight is 260 g/mol. The molecule has 4 nitrogen and oxygen atoms in total. The van der Waals surface area contributed by atoms with Gasteiger partial charge in [0.05, 0.1) is 12.7 Å². The molecule has 1 aromatic heterocycles. The van der Waals surface area contributed by atoms with Gasteiger partial charge in [0.1, 0.15) is 0 Å². The molecule has 0 amide bonds. The fourth-order valence-corrected chi connectivity index (χ4v) is 5.24. The van der Waals surface area contributed by atoms with Crippen molar-refractivity contribution in [1.82, 2.24) is 9.55 Å². The molecule has 102 valence electrons. The molecule has 0 atom stereocenters. The second kappa shape index (κ2) is 4.09. The summed E-state index contributed by atoms with van der Waals surface area (Å²) in [5, 5.41) is 9.02. The van der Waals surface area contributed by atoms with E-state index in [-0.39, 0.29) is 6.42 Å². The number of carboxylic acids is 1. The van der Waals surface area contributed by atoms with Crippen LogP contribution >= 0.6 is 0 Å². The molecule has 4 aliphatic carbocycles. The maximum Gasteiger partial charge on any atom is 0.309 e. The van der Waals surface area contributed by atoms with Crippen molar-refractivity contribution in [2.24, 2.45) is 23.7 Å². The highest BCUT2D eigenvalue weighted by molar-refractivity contribution is 5.69. The highest BCUT2D eigenvalue weighted by Gasteiger charge is 2.49. The fraction of sp³-hybridized carbons (Fsp3) is 0.733. The van der Waals surface area contributed by atoms with Gasteiger partial charge in [0.25, 0.3) is 0 Å². The Morgan fingerprint density at radius 2 is 1.84 bits per heavy atom. The van der Waals surface area contributed by atoms with E-state index in [1.165, 1.54) is 32.1 Å². The summed E-state index contributed by atoms with van der Waals surface area (Å²) in [6, 6.07) is 0.518. The SMILES string of the molecule is O=C(O)Cc1cncn1C1C2CC3CC(C2)CC1C3. The van der Waals surface area contributed by atoms with Gasteiger partial charge in [-0.2, -0.15) is 0 Å². The lowest BCUT2D eigenvalue weighted by Gasteiger charge is -2.54. The van der Waals surface area contributed by atoms with Crippen molar-refractivity contribution in [3.05, 3.63) is 18.2 Å². The second-order valence-electron chi connectivity index (χ2n) is 6.78. The van der Waals surface area contributed by atoms with E-state index in [9.17, 15) is 4.79 Å². The van der Waals surface area contributed by atoms with Crippen LogP contribution in [0.1, 0.15) is 43.8 Å². The van der Waals surface area contributed by atoms with Crippen LogP contribution in [0, 0.1) is 23.7 Å². The number of nitrogens with zero attached hydrogens (tertiary/aromatic N) is 2. The number of carboxylic acid groups (broad SMARTS) is 1. The third kappa shape index (κ3) is 1.80. The van der Waals surface area contributed by atoms with E-state index >= 15 is 0 Å². The Kier molecular flexibility index (Phi) is 2.47. The van der Waals surface area contributed by atoms with Crippen LogP contribution in [-0.2, 0) is 11.2 Å². The highest BCUT2D eigenvalue weighted by atomic mass is 16.4. The largest absolute Gasteiger partial charge is 0.481 e. The molecule has 1 aromatic rings. The molecule has 4 saturated carbocycles. The third-order valence-corrected chi connectivity index (χ3v) is 5.58. The van der Waals surface area contributed by atoms with Crippen LogP contribution in [0.3, 0.4) is 0 Å². The first kappa shape index (κ1) is 11.5. The van der Waals surface area contributed by atoms with E-state index < -0.39 is 5.97 Å². The maximum atomic E-state index is 11.0. The standard InChI is InChI=1S/C15H20N2O2/c18-14(19)6-13-7-16-8-17(13)15-11-2-9-1-10(4-11)5-12(15)3-9/h7-12,15H,1-6H2,(H,18,19). The maximum absolute atomic E-state index is 11.0. The van der Waals surface area contributed by atoms with E-state index in [1.54, 1.807) is 6.20 Å². The van der Waals surface area contributed by atoms with Crippen molar-refractivity contribution >= 4 is 5.97 Å². The van der Waals surface area contributed by atoms with Gasteiger partial charge in [-0.3, -0.25) is 4.79 Å². The van der Waals surface area contributed by atoms with Gasteiger partial charge < -0.3 is 9.67 Å². The van der Waals surface area contributed by atoms with Crippen LogP contribution in [-0.4, -0.2) is 20.6 Å². The number of imidazole rings is 1. The molecule has 4 fully saturated rings. The number of carbonyl (C=O) groups is 1. The van der Waals surface area contributed by atoms with Crippen LogP contribution in [0.15, 0.2) is 12.5 Å². The van der Waals surface area contributed by atoms with Gasteiger partial charge in [0.15, 0.2) is 0 Å². The zero-order chi connectivity index (χ0) is 13.0. The fourth-order valence-electron chi connectivity index (χ4n) is 5.24. The smallest absolute Gasteiger partial charge is 0.309 e. The monoisotopic (exact) mass is 260 g/mol. The number of hydrogen-bond donors (Lipinski definition) is 1. The summed E-state index contributed by atoms with van der Waals surface area (Å²) >= 11 is 0. The Bertz CT molecular complexity index is 480. The molecule has 4 aliphatic rings. The lowest BCUT2D eigenvalue weighted by atomic mass is 9.54. The quantitative estimate of drug-likeness (QED) is 0.908. The summed E-state index contributed by atoms with van der Waals surface area (Å²) in [5.74, 6) is 2.66. The van der Waals surface area contributed by atoms with Crippen LogP contribution < -0.4 is 0 Å². The highest BCUT2D eigenvalue weighted by Crippen LogP contribution is 2.58. The Hall–Kier alpha value is -1.32. The van der Waals surface area contributed by atoms with Crippen molar-refractivity contribution in [1.29, 1.82) is 0 Å². The minimum absolute atomic E-state index is 0.1000. The summed E-state index contributed by atoms with van der Waals surface area (Å²) in [6.07, 6.45) is 10.5. The van der Waals surface area contributed by atoms with E-state index in [0.29, 0.717) is 6.04 Å². The second-order valence-corrected chi connectivity index (χ2v) is 6.78. The minimum atomic E-state index is -0.759. The number of hydrogen-bond acceptors (Lipinski definition) is 2. The number of aliphatic carboxylic acids is 1. The molecular weight excluding hydrogens is 240 g/mol. The lowest BCUT2D eigenvalue weighted by molar-refractivity contribution is -0.136. The van der Waals surface area contributed by atoms with E-state index in [0.717, 1.165) is 29.4 Å². The molecule has 0 radical (unpaired) electrons. The van der Waals surface area contributed by atoms with Gasteiger partial charge in [-0.1, -0.05) is 0 Å². The van der Waals surface area contributed by atoms with E-state index in [1.807, 2.05) is 6.33 Å². The number of rotatable bonds is 3. The van der Waals surface area contributed by atoms with Gasteiger partial charge in [0, 0.05) is 17.9 Å². The molecule has 4 bridgehead atoms. The van der Waals surface area contributed by atoms with Crippen molar-refractivity contribution < 1.29 is 9.90 Å². The van der Waals surface area contributed by atoms with Crippen molar-refractivity contribution in [3.63, 3.8) is 0 Å². The summed E-state index contributed by atoms with van der Waals surface area (Å²) in [6.45, 7) is 0. The molecule has 1 N–H and O–H groups in total. The molecule has 19 heavy (non-hydrogen) atoms. The van der Waals surface area contributed by atoms with Gasteiger partial charge in [0.2, 0.25) is 0 Å². The van der Waals surface area contributed by atoms with Crippen LogP contribution in [0.2, 0.25) is 0 Å². The molecule has 1 heterocycles. The van der Waals surface area contributed by atoms with Crippen LogP contribution in [0.25, 0.3) is 0 Å². The van der Waals surface area contributed by atoms with Crippen molar-refractivity contribution in [2.75, 3.05) is 0 Å². The van der Waals surface area contributed by atoms with Crippen molar-refractivity contribution in [3.8, 4) is 0 Å². The molecule has 4 heteroatoms. The number of aromatic nitrogens is 2. The first-order chi connectivity index (χ1) is 9.20. The van der Waals surface area contributed by atoms with Gasteiger partial charge in [-0.15, -0.1) is 0 Å². The Balaban J connectivity index is 1.65. The molecule has 0 saturated heterocycles. The van der Waals surface area contributed by atoms with Crippen molar-refractivity contribution in [2.45, 2.75) is 44.6 Å². The summed E-state index contributed by atoms with van der Waals surface area (Å²) in [5.41, 5.74) is 0.880. The normalized spacial score (nSPS) is 39.7. The summed E-state index contributed by atoms with van der Waals surface area (Å²) in [7, 11) is 0. The Labute approximate surface area is 112 Å². The Morgan fingerprint density at radius 1 is 1.21 bits per heavy atom.